The predicted octanol–water partition coefficient (Wildman–Crippen LogP) is -1.17. The van der Waals surface area contributed by atoms with Gasteiger partial charge in [0.15, 0.2) is 0 Å². The third-order valence-electron chi connectivity index (χ3n) is 0. The van der Waals surface area contributed by atoms with Gasteiger partial charge in [0.25, 0.3) is 21.0 Å². The molecule has 0 atom stereocenters. The molecule has 0 amide bonds. The molecule has 0 aromatic rings. The van der Waals surface area contributed by atoms with Gasteiger partial charge in [0.2, 0.25) is 0 Å². The second-order valence-corrected chi connectivity index (χ2v) is 2.36. The maximum atomic E-state index is 10.1. The van der Waals surface area contributed by atoms with E-state index < -0.39 is 21.0 Å². The Hall–Kier alpha value is 0.420. The van der Waals surface area contributed by atoms with Gasteiger partial charge in [-0.3, -0.25) is 0 Å². The summed E-state index contributed by atoms with van der Waals surface area (Å²) in [5.41, 5.74) is 0. The Labute approximate surface area is 77.2 Å². The van der Waals surface area contributed by atoms with Gasteiger partial charge in [-0.05, 0) is 0 Å². The molecule has 11 heteroatoms. The van der Waals surface area contributed by atoms with Crippen molar-refractivity contribution in [1.82, 2.24) is 0 Å². The van der Waals surface area contributed by atoms with Crippen molar-refractivity contribution in [3.63, 3.8) is 0 Å². The SMILES string of the molecule is O=S(=O)([O-])F.O=S(=O)([O-])F.[Ag+2]. The van der Waals surface area contributed by atoms with E-state index in [0.717, 1.165) is 0 Å². The molecule has 0 aromatic carbocycles. The summed E-state index contributed by atoms with van der Waals surface area (Å²) >= 11 is 0. The number of hydrogen-bond acceptors (Lipinski definition) is 6. The summed E-state index contributed by atoms with van der Waals surface area (Å²) in [5.74, 6) is 0. The van der Waals surface area contributed by atoms with Crippen molar-refractivity contribution in [1.29, 1.82) is 0 Å². The molecule has 11 heavy (non-hydrogen) atoms. The van der Waals surface area contributed by atoms with Crippen LogP contribution in [-0.2, 0) is 43.4 Å². The predicted molar refractivity (Wildman–Crippen MR) is 21.6 cm³/mol. The Balaban J connectivity index is -0.000000107. The Morgan fingerprint density at radius 3 is 0.818 bits per heavy atom. The van der Waals surface area contributed by atoms with Crippen LogP contribution in [0.2, 0.25) is 0 Å². The van der Waals surface area contributed by atoms with Crippen LogP contribution < -0.4 is 0 Å². The zero-order valence-electron chi connectivity index (χ0n) is 4.32. The summed E-state index contributed by atoms with van der Waals surface area (Å²) < 4.78 is 70.7. The summed E-state index contributed by atoms with van der Waals surface area (Å²) in [6.07, 6.45) is 0. The van der Waals surface area contributed by atoms with E-state index in [9.17, 15) is 7.77 Å². The standard InChI is InChI=1S/Ag.2FHO3S/c;2*1-5(2,3)4/h;2*(H,2,3,4)/q+2;;/p-2. The Bertz CT molecular complexity index is 215. The molecule has 0 aliphatic carbocycles. The monoisotopic (exact) mass is 305 g/mol. The topological polar surface area (TPSA) is 114 Å². The summed E-state index contributed by atoms with van der Waals surface area (Å²) in [7, 11) is -10.8. The third-order valence-corrected chi connectivity index (χ3v) is 0. The van der Waals surface area contributed by atoms with E-state index in [1.807, 2.05) is 0 Å². The van der Waals surface area contributed by atoms with Crippen LogP contribution in [0.25, 0.3) is 0 Å². The van der Waals surface area contributed by atoms with E-state index >= 15 is 0 Å². The van der Waals surface area contributed by atoms with Gasteiger partial charge >= 0.3 is 22.4 Å². The molecular formula is AgF2O6S2. The Morgan fingerprint density at radius 1 is 0.818 bits per heavy atom. The first-order valence-corrected chi connectivity index (χ1v) is 3.93. The van der Waals surface area contributed by atoms with E-state index in [1.54, 1.807) is 0 Å². The van der Waals surface area contributed by atoms with Crippen molar-refractivity contribution in [2.24, 2.45) is 0 Å². The van der Waals surface area contributed by atoms with Gasteiger partial charge in [0.05, 0.1) is 0 Å². The molecule has 0 bridgehead atoms. The minimum atomic E-state index is -5.42. The average Bonchev–Trinajstić information content (AvgIpc) is 1.12. The fourth-order valence-corrected chi connectivity index (χ4v) is 0. The molecule has 0 aliphatic heterocycles. The van der Waals surface area contributed by atoms with Crippen molar-refractivity contribution in [2.75, 3.05) is 0 Å². The fraction of sp³-hybridized carbons (Fsp3) is 0. The molecule has 0 unspecified atom stereocenters. The molecule has 0 saturated carbocycles. The van der Waals surface area contributed by atoms with Crippen LogP contribution >= 0.6 is 0 Å². The van der Waals surface area contributed by atoms with Gasteiger partial charge in [-0.1, -0.05) is 0 Å². The van der Waals surface area contributed by atoms with E-state index in [4.69, 9.17) is 25.9 Å². The minimum Gasteiger partial charge on any atom is -0.722 e. The zero-order valence-corrected chi connectivity index (χ0v) is 7.44. The summed E-state index contributed by atoms with van der Waals surface area (Å²) in [6.45, 7) is 0. The van der Waals surface area contributed by atoms with Crippen LogP contribution in [0.3, 0.4) is 0 Å². The Morgan fingerprint density at radius 2 is 0.818 bits per heavy atom. The molecule has 0 rings (SSSR count). The van der Waals surface area contributed by atoms with Gasteiger partial charge in [0, 0.05) is 0 Å². The largest absolute Gasteiger partial charge is 2.00 e. The molecule has 0 aliphatic rings. The van der Waals surface area contributed by atoms with Crippen LogP contribution in [0.5, 0.6) is 0 Å². The zero-order chi connectivity index (χ0) is 9.00. The molecule has 0 saturated heterocycles. The quantitative estimate of drug-likeness (QED) is 0.316. The molecule has 1 radical (unpaired) electrons. The summed E-state index contributed by atoms with van der Waals surface area (Å²) in [4.78, 5) is 0. The first-order chi connectivity index (χ1) is 4.00. The molecule has 73 valence electrons. The van der Waals surface area contributed by atoms with E-state index in [0.29, 0.717) is 0 Å². The van der Waals surface area contributed by atoms with E-state index in [-0.39, 0.29) is 22.4 Å². The molecule has 6 nitrogen and oxygen atoms in total. The maximum absolute atomic E-state index is 10.1. The van der Waals surface area contributed by atoms with E-state index in [1.165, 1.54) is 0 Å². The van der Waals surface area contributed by atoms with Crippen molar-refractivity contribution in [3.05, 3.63) is 0 Å². The summed E-state index contributed by atoms with van der Waals surface area (Å²) in [6, 6.07) is 0. The normalized spacial score (nSPS) is 10.5. The number of hydrogen-bond donors (Lipinski definition) is 0. The Kier molecular flexibility index (Phi) is 9.53. The van der Waals surface area contributed by atoms with Crippen LogP contribution in [0.1, 0.15) is 0 Å². The molecule has 0 spiro atoms. The van der Waals surface area contributed by atoms with Gasteiger partial charge in [-0.25, -0.2) is 16.8 Å². The maximum Gasteiger partial charge on any atom is 2.00 e. The van der Waals surface area contributed by atoms with Crippen LogP contribution in [-0.4, -0.2) is 25.9 Å². The van der Waals surface area contributed by atoms with Crippen molar-refractivity contribution in [2.45, 2.75) is 0 Å². The van der Waals surface area contributed by atoms with Crippen LogP contribution in [0.15, 0.2) is 0 Å². The number of halogens is 2. The van der Waals surface area contributed by atoms with Crippen LogP contribution in [0.4, 0.5) is 7.77 Å². The first-order valence-electron chi connectivity index (χ1n) is 1.31. The molecule has 0 heterocycles. The van der Waals surface area contributed by atoms with Crippen molar-refractivity contribution < 1.29 is 56.1 Å². The van der Waals surface area contributed by atoms with Gasteiger partial charge in [-0.15, -0.1) is 7.77 Å². The number of rotatable bonds is 0. The van der Waals surface area contributed by atoms with E-state index in [2.05, 4.69) is 0 Å². The second kappa shape index (κ2) is 5.99. The molecular weight excluding hydrogens is 306 g/mol. The average molecular weight is 306 g/mol. The van der Waals surface area contributed by atoms with Crippen LogP contribution in [0, 0.1) is 0 Å². The fourth-order valence-electron chi connectivity index (χ4n) is 0. The minimum absolute atomic E-state index is 0. The molecule has 0 fully saturated rings. The van der Waals surface area contributed by atoms with Gasteiger partial charge < -0.3 is 9.11 Å². The van der Waals surface area contributed by atoms with Crippen molar-refractivity contribution in [3.8, 4) is 0 Å². The molecule has 0 N–H and O–H groups in total. The smallest absolute Gasteiger partial charge is 0.722 e. The van der Waals surface area contributed by atoms with Crippen molar-refractivity contribution >= 4 is 21.0 Å². The first kappa shape index (κ1) is 17.5. The van der Waals surface area contributed by atoms with Gasteiger partial charge in [-0.2, -0.15) is 0 Å². The third kappa shape index (κ3) is 4180. The van der Waals surface area contributed by atoms with Gasteiger partial charge in [0.1, 0.15) is 0 Å². The second-order valence-electron chi connectivity index (χ2n) is 0.786. The molecule has 0 aromatic heterocycles. The summed E-state index contributed by atoms with van der Waals surface area (Å²) in [5, 5.41) is 0.